The lowest BCUT2D eigenvalue weighted by atomic mass is 10.1. The average molecular weight is 260 g/mol. The van der Waals surface area contributed by atoms with Crippen molar-refractivity contribution in [3.05, 3.63) is 40.7 Å². The first-order valence-electron chi connectivity index (χ1n) is 6.04. The molecule has 2 rings (SSSR count). The van der Waals surface area contributed by atoms with Crippen molar-refractivity contribution in [1.29, 1.82) is 0 Å². The van der Waals surface area contributed by atoms with E-state index in [4.69, 9.17) is 0 Å². The number of pyridine rings is 1. The maximum atomic E-state index is 11.5. The molecule has 2 aromatic rings. The van der Waals surface area contributed by atoms with Gasteiger partial charge in [-0.2, -0.15) is 11.3 Å². The summed E-state index contributed by atoms with van der Waals surface area (Å²) >= 11 is 1.65. The fraction of sp³-hybridized carbons (Fsp3) is 0.286. The molecule has 0 aliphatic carbocycles. The molecule has 0 radical (unpaired) electrons. The molecule has 1 N–H and O–H groups in total. The van der Waals surface area contributed by atoms with Crippen LogP contribution in [-0.2, 0) is 11.3 Å². The van der Waals surface area contributed by atoms with Crippen molar-refractivity contribution >= 4 is 17.2 Å². The smallest absolute Gasteiger partial charge is 0.220 e. The summed E-state index contributed by atoms with van der Waals surface area (Å²) < 4.78 is 0. The number of hydrogen-bond donors (Lipinski definition) is 1. The highest BCUT2D eigenvalue weighted by Gasteiger charge is 2.07. The Morgan fingerprint density at radius 1 is 1.44 bits per heavy atom. The summed E-state index contributed by atoms with van der Waals surface area (Å²) in [4.78, 5) is 15.9. The lowest BCUT2D eigenvalue weighted by Crippen LogP contribution is -2.22. The van der Waals surface area contributed by atoms with Gasteiger partial charge in [-0.1, -0.05) is 13.0 Å². The van der Waals surface area contributed by atoms with E-state index in [2.05, 4.69) is 15.7 Å². The second-order valence-corrected chi connectivity index (χ2v) is 4.83. The van der Waals surface area contributed by atoms with Gasteiger partial charge < -0.3 is 5.32 Å². The zero-order valence-electron chi connectivity index (χ0n) is 10.3. The van der Waals surface area contributed by atoms with E-state index in [0.29, 0.717) is 13.0 Å². The van der Waals surface area contributed by atoms with Gasteiger partial charge in [-0.25, -0.2) is 0 Å². The molecule has 0 saturated heterocycles. The van der Waals surface area contributed by atoms with Crippen LogP contribution in [0.5, 0.6) is 0 Å². The third-order valence-electron chi connectivity index (χ3n) is 2.64. The number of nitrogens with zero attached hydrogens (tertiary/aromatic N) is 1. The minimum absolute atomic E-state index is 0.0950. The molecule has 0 aliphatic heterocycles. The third kappa shape index (κ3) is 3.17. The number of aromatic nitrogens is 1. The molecule has 4 heteroatoms. The van der Waals surface area contributed by atoms with Gasteiger partial charge in [0.2, 0.25) is 5.91 Å². The van der Waals surface area contributed by atoms with Gasteiger partial charge >= 0.3 is 0 Å². The van der Waals surface area contributed by atoms with Crippen molar-refractivity contribution in [3.8, 4) is 11.3 Å². The van der Waals surface area contributed by atoms with Gasteiger partial charge in [-0.15, -0.1) is 0 Å². The SMILES string of the molecule is CCCC(=O)NCc1cccnc1-c1ccsc1. The first kappa shape index (κ1) is 12.8. The first-order valence-corrected chi connectivity index (χ1v) is 6.98. The summed E-state index contributed by atoms with van der Waals surface area (Å²) in [5.41, 5.74) is 3.12. The molecular formula is C14H16N2OS. The van der Waals surface area contributed by atoms with Crippen LogP contribution < -0.4 is 5.32 Å². The van der Waals surface area contributed by atoms with E-state index in [1.54, 1.807) is 17.5 Å². The topological polar surface area (TPSA) is 42.0 Å². The van der Waals surface area contributed by atoms with Crippen LogP contribution in [0.1, 0.15) is 25.3 Å². The molecule has 18 heavy (non-hydrogen) atoms. The van der Waals surface area contributed by atoms with Gasteiger partial charge in [0.25, 0.3) is 0 Å². The molecule has 3 nitrogen and oxygen atoms in total. The molecule has 0 atom stereocenters. The summed E-state index contributed by atoms with van der Waals surface area (Å²) in [5, 5.41) is 7.03. The summed E-state index contributed by atoms with van der Waals surface area (Å²) in [6.07, 6.45) is 3.23. The van der Waals surface area contributed by atoms with Crippen LogP contribution in [0.2, 0.25) is 0 Å². The monoisotopic (exact) mass is 260 g/mol. The largest absolute Gasteiger partial charge is 0.352 e. The van der Waals surface area contributed by atoms with Gasteiger partial charge in [-0.3, -0.25) is 9.78 Å². The van der Waals surface area contributed by atoms with E-state index in [1.807, 2.05) is 30.5 Å². The Balaban J connectivity index is 2.11. The molecule has 1 amide bonds. The standard InChI is InChI=1S/C14H16N2OS/c1-2-4-13(17)16-9-11-5-3-7-15-14(11)12-6-8-18-10-12/h3,5-8,10H,2,4,9H2,1H3,(H,16,17). The Bertz CT molecular complexity index is 508. The van der Waals surface area contributed by atoms with E-state index in [1.165, 1.54) is 0 Å². The highest BCUT2D eigenvalue weighted by molar-refractivity contribution is 7.08. The predicted molar refractivity (Wildman–Crippen MR) is 74.3 cm³/mol. The molecule has 0 bridgehead atoms. The first-order chi connectivity index (χ1) is 8.81. The van der Waals surface area contributed by atoms with Crippen molar-refractivity contribution in [1.82, 2.24) is 10.3 Å². The molecule has 0 aliphatic rings. The summed E-state index contributed by atoms with van der Waals surface area (Å²) in [6.45, 7) is 2.54. The quantitative estimate of drug-likeness (QED) is 0.896. The summed E-state index contributed by atoms with van der Waals surface area (Å²) in [6, 6.07) is 5.95. The molecule has 94 valence electrons. The number of amides is 1. The van der Waals surface area contributed by atoms with Gasteiger partial charge in [0.1, 0.15) is 0 Å². The number of thiophene rings is 1. The number of rotatable bonds is 5. The molecule has 0 spiro atoms. The van der Waals surface area contributed by atoms with Gasteiger partial charge in [0, 0.05) is 30.1 Å². The van der Waals surface area contributed by atoms with E-state index in [-0.39, 0.29) is 5.91 Å². The maximum absolute atomic E-state index is 11.5. The highest BCUT2D eigenvalue weighted by atomic mass is 32.1. The van der Waals surface area contributed by atoms with Gasteiger partial charge in [-0.05, 0) is 29.5 Å². The summed E-state index contributed by atoms with van der Waals surface area (Å²) in [5.74, 6) is 0.0950. The molecule has 0 unspecified atom stereocenters. The van der Waals surface area contributed by atoms with Crippen LogP contribution >= 0.6 is 11.3 Å². The Morgan fingerprint density at radius 3 is 3.06 bits per heavy atom. The number of nitrogens with one attached hydrogen (secondary N) is 1. The minimum atomic E-state index is 0.0950. The van der Waals surface area contributed by atoms with Crippen molar-refractivity contribution < 1.29 is 4.79 Å². The average Bonchev–Trinajstić information content (AvgIpc) is 2.91. The molecule has 2 heterocycles. The fourth-order valence-electron chi connectivity index (χ4n) is 1.75. The van der Waals surface area contributed by atoms with E-state index in [9.17, 15) is 4.79 Å². The van der Waals surface area contributed by atoms with Crippen LogP contribution in [0.15, 0.2) is 35.2 Å². The maximum Gasteiger partial charge on any atom is 0.220 e. The highest BCUT2D eigenvalue weighted by Crippen LogP contribution is 2.23. The van der Waals surface area contributed by atoms with Crippen molar-refractivity contribution in [2.24, 2.45) is 0 Å². The van der Waals surface area contributed by atoms with Crippen LogP contribution in [0.3, 0.4) is 0 Å². The van der Waals surface area contributed by atoms with Crippen molar-refractivity contribution in [2.75, 3.05) is 0 Å². The Kier molecular flexibility index (Phi) is 4.47. The molecule has 0 saturated carbocycles. The molecule has 0 aromatic carbocycles. The second kappa shape index (κ2) is 6.31. The van der Waals surface area contributed by atoms with Crippen LogP contribution in [-0.4, -0.2) is 10.9 Å². The number of carbonyl (C=O) groups excluding carboxylic acids is 1. The molecule has 0 fully saturated rings. The van der Waals surface area contributed by atoms with E-state index >= 15 is 0 Å². The van der Waals surface area contributed by atoms with E-state index < -0.39 is 0 Å². The van der Waals surface area contributed by atoms with Gasteiger partial charge in [0.15, 0.2) is 0 Å². The Labute approximate surface area is 111 Å². The van der Waals surface area contributed by atoms with Crippen molar-refractivity contribution in [3.63, 3.8) is 0 Å². The van der Waals surface area contributed by atoms with Crippen LogP contribution in [0.4, 0.5) is 0 Å². The molecular weight excluding hydrogens is 244 g/mol. The van der Waals surface area contributed by atoms with Gasteiger partial charge in [0.05, 0.1) is 5.69 Å². The third-order valence-corrected chi connectivity index (χ3v) is 3.32. The lowest BCUT2D eigenvalue weighted by Gasteiger charge is -2.08. The predicted octanol–water partition coefficient (Wildman–Crippen LogP) is 3.23. The Morgan fingerprint density at radius 2 is 2.33 bits per heavy atom. The lowest BCUT2D eigenvalue weighted by molar-refractivity contribution is -0.121. The molecule has 2 aromatic heterocycles. The summed E-state index contributed by atoms with van der Waals surface area (Å²) in [7, 11) is 0. The minimum Gasteiger partial charge on any atom is -0.352 e. The zero-order valence-corrected chi connectivity index (χ0v) is 11.2. The Hall–Kier alpha value is -1.68. The second-order valence-electron chi connectivity index (χ2n) is 4.05. The van der Waals surface area contributed by atoms with E-state index in [0.717, 1.165) is 23.2 Å². The van der Waals surface area contributed by atoms with Crippen LogP contribution in [0, 0.1) is 0 Å². The number of hydrogen-bond acceptors (Lipinski definition) is 3. The van der Waals surface area contributed by atoms with Crippen molar-refractivity contribution in [2.45, 2.75) is 26.3 Å². The zero-order chi connectivity index (χ0) is 12.8. The fourth-order valence-corrected chi connectivity index (χ4v) is 2.39. The number of carbonyl (C=O) groups is 1. The normalized spacial score (nSPS) is 10.3. The van der Waals surface area contributed by atoms with Crippen LogP contribution in [0.25, 0.3) is 11.3 Å².